The lowest BCUT2D eigenvalue weighted by Crippen LogP contribution is -2.31. The van der Waals surface area contributed by atoms with Crippen molar-refractivity contribution in [2.24, 2.45) is 17.8 Å². The van der Waals surface area contributed by atoms with Crippen LogP contribution < -0.4 is 0 Å². The number of fused-ring (bicyclic) bond motifs is 1. The molecule has 0 saturated carbocycles. The summed E-state index contributed by atoms with van der Waals surface area (Å²) in [5, 5.41) is 15.4. The van der Waals surface area contributed by atoms with Crippen molar-refractivity contribution >= 4 is 11.8 Å². The van der Waals surface area contributed by atoms with Crippen LogP contribution in [-0.2, 0) is 4.74 Å². The molecular formula is C14H23N3O. The van der Waals surface area contributed by atoms with E-state index in [1.165, 1.54) is 12.8 Å². The second-order valence-electron chi connectivity index (χ2n) is 5.70. The van der Waals surface area contributed by atoms with Gasteiger partial charge in [0.2, 0.25) is 5.90 Å². The lowest BCUT2D eigenvalue weighted by atomic mass is 9.86. The summed E-state index contributed by atoms with van der Waals surface area (Å²) in [6.45, 7) is 6.49. The molecule has 1 heterocycles. The van der Waals surface area contributed by atoms with Crippen LogP contribution in [0.4, 0.5) is 0 Å². The number of hydrogen-bond donors (Lipinski definition) is 2. The van der Waals surface area contributed by atoms with Crippen LogP contribution in [0.1, 0.15) is 26.7 Å². The molecule has 4 heteroatoms. The van der Waals surface area contributed by atoms with E-state index < -0.39 is 0 Å². The maximum absolute atomic E-state index is 7.82. The number of nitrogens with zero attached hydrogens (tertiary/aromatic N) is 1. The highest BCUT2D eigenvalue weighted by molar-refractivity contribution is 5.90. The number of allylic oxidation sites excluding steroid dienone is 2. The molecule has 18 heavy (non-hydrogen) atoms. The standard InChI is InChI=1S/C14H23N3O/c1-10(2)14(16)18-13(15)9-17-7-11-5-3-4-6-12(11)8-17/h3-4,10-12,15-16H,5-9H2,1-2H3. The van der Waals surface area contributed by atoms with Gasteiger partial charge in [-0.1, -0.05) is 26.0 Å². The second-order valence-corrected chi connectivity index (χ2v) is 5.70. The molecule has 1 aliphatic heterocycles. The van der Waals surface area contributed by atoms with Gasteiger partial charge in [0.1, 0.15) is 0 Å². The fourth-order valence-corrected chi connectivity index (χ4v) is 2.73. The molecule has 100 valence electrons. The Hall–Kier alpha value is -1.16. The highest BCUT2D eigenvalue weighted by Gasteiger charge is 2.33. The zero-order valence-corrected chi connectivity index (χ0v) is 11.3. The summed E-state index contributed by atoms with van der Waals surface area (Å²) < 4.78 is 5.24. The van der Waals surface area contributed by atoms with Crippen molar-refractivity contribution in [3.8, 4) is 0 Å². The molecular weight excluding hydrogens is 226 g/mol. The number of rotatable bonds is 3. The Morgan fingerprint density at radius 3 is 2.28 bits per heavy atom. The van der Waals surface area contributed by atoms with Gasteiger partial charge in [-0.2, -0.15) is 0 Å². The third kappa shape index (κ3) is 3.19. The Morgan fingerprint density at radius 1 is 1.22 bits per heavy atom. The van der Waals surface area contributed by atoms with Gasteiger partial charge in [0.15, 0.2) is 5.90 Å². The van der Waals surface area contributed by atoms with Crippen molar-refractivity contribution in [1.82, 2.24) is 4.90 Å². The van der Waals surface area contributed by atoms with E-state index in [1.54, 1.807) is 0 Å². The van der Waals surface area contributed by atoms with Gasteiger partial charge in [-0.25, -0.2) is 0 Å². The zero-order chi connectivity index (χ0) is 13.1. The molecule has 1 aliphatic carbocycles. The quantitative estimate of drug-likeness (QED) is 0.458. The molecule has 2 atom stereocenters. The first kappa shape index (κ1) is 13.3. The van der Waals surface area contributed by atoms with E-state index in [1.807, 2.05) is 13.8 Å². The monoisotopic (exact) mass is 249 g/mol. The van der Waals surface area contributed by atoms with Crippen LogP contribution in [0.25, 0.3) is 0 Å². The Morgan fingerprint density at radius 2 is 1.78 bits per heavy atom. The molecule has 0 aromatic carbocycles. The zero-order valence-electron chi connectivity index (χ0n) is 11.3. The number of nitrogens with one attached hydrogen (secondary N) is 2. The lowest BCUT2D eigenvalue weighted by molar-refractivity contribution is 0.339. The Bertz CT molecular complexity index is 346. The fourth-order valence-electron chi connectivity index (χ4n) is 2.73. The summed E-state index contributed by atoms with van der Waals surface area (Å²) in [5.74, 6) is 1.97. The molecule has 2 unspecified atom stereocenters. The first-order chi connectivity index (χ1) is 8.56. The highest BCUT2D eigenvalue weighted by atomic mass is 16.5. The van der Waals surface area contributed by atoms with Crippen LogP contribution in [0, 0.1) is 28.6 Å². The van der Waals surface area contributed by atoms with Crippen molar-refractivity contribution in [3.05, 3.63) is 12.2 Å². The van der Waals surface area contributed by atoms with Gasteiger partial charge in [-0.15, -0.1) is 0 Å². The molecule has 2 rings (SSSR count). The molecule has 0 amide bonds. The molecule has 1 fully saturated rings. The van der Waals surface area contributed by atoms with Gasteiger partial charge in [0, 0.05) is 19.0 Å². The van der Waals surface area contributed by atoms with E-state index in [-0.39, 0.29) is 17.7 Å². The minimum absolute atomic E-state index is 0.0516. The number of likely N-dealkylation sites (tertiary alicyclic amines) is 1. The van der Waals surface area contributed by atoms with E-state index in [0.29, 0.717) is 6.54 Å². The molecule has 1 saturated heterocycles. The van der Waals surface area contributed by atoms with Crippen LogP contribution in [0.5, 0.6) is 0 Å². The van der Waals surface area contributed by atoms with Crippen molar-refractivity contribution in [2.45, 2.75) is 26.7 Å². The van der Waals surface area contributed by atoms with E-state index in [0.717, 1.165) is 24.9 Å². The summed E-state index contributed by atoms with van der Waals surface area (Å²) in [6, 6.07) is 0. The minimum atomic E-state index is 0.0516. The molecule has 0 radical (unpaired) electrons. The van der Waals surface area contributed by atoms with E-state index in [2.05, 4.69) is 17.1 Å². The number of ether oxygens (including phenoxy) is 1. The lowest BCUT2D eigenvalue weighted by Gasteiger charge is -2.18. The van der Waals surface area contributed by atoms with Crippen LogP contribution in [0.15, 0.2) is 12.2 Å². The number of hydrogen-bond acceptors (Lipinski definition) is 4. The first-order valence-electron chi connectivity index (χ1n) is 6.77. The van der Waals surface area contributed by atoms with E-state index in [9.17, 15) is 0 Å². The average Bonchev–Trinajstić information content (AvgIpc) is 2.70. The average molecular weight is 249 g/mol. The molecule has 0 aromatic heterocycles. The Labute approximate surface area is 109 Å². The van der Waals surface area contributed by atoms with Crippen LogP contribution in [0.3, 0.4) is 0 Å². The smallest absolute Gasteiger partial charge is 0.203 e. The topological polar surface area (TPSA) is 60.2 Å². The summed E-state index contributed by atoms with van der Waals surface area (Å²) in [6.07, 6.45) is 6.91. The SMILES string of the molecule is CC(C)C(=N)OC(=N)CN1CC2CC=CCC2C1. The third-order valence-electron chi connectivity index (χ3n) is 3.82. The molecule has 2 N–H and O–H groups in total. The highest BCUT2D eigenvalue weighted by Crippen LogP contribution is 2.32. The maximum atomic E-state index is 7.82. The summed E-state index contributed by atoms with van der Waals surface area (Å²) in [7, 11) is 0. The van der Waals surface area contributed by atoms with E-state index >= 15 is 0 Å². The molecule has 0 spiro atoms. The predicted molar refractivity (Wildman–Crippen MR) is 73.2 cm³/mol. The predicted octanol–water partition coefficient (Wildman–Crippen LogP) is 2.51. The van der Waals surface area contributed by atoms with Crippen LogP contribution in [0.2, 0.25) is 0 Å². The molecule has 4 nitrogen and oxygen atoms in total. The molecule has 0 bridgehead atoms. The van der Waals surface area contributed by atoms with Gasteiger partial charge in [0.05, 0.1) is 6.54 Å². The Kier molecular flexibility index (Phi) is 4.17. The van der Waals surface area contributed by atoms with Gasteiger partial charge in [0.25, 0.3) is 0 Å². The van der Waals surface area contributed by atoms with Crippen molar-refractivity contribution in [2.75, 3.05) is 19.6 Å². The molecule has 2 aliphatic rings. The van der Waals surface area contributed by atoms with Gasteiger partial charge >= 0.3 is 0 Å². The van der Waals surface area contributed by atoms with Crippen molar-refractivity contribution in [1.29, 1.82) is 10.8 Å². The van der Waals surface area contributed by atoms with Crippen molar-refractivity contribution in [3.63, 3.8) is 0 Å². The fraction of sp³-hybridized carbons (Fsp3) is 0.714. The summed E-state index contributed by atoms with van der Waals surface area (Å²) in [5.41, 5.74) is 0. The minimum Gasteiger partial charge on any atom is -0.428 e. The summed E-state index contributed by atoms with van der Waals surface area (Å²) >= 11 is 0. The largest absolute Gasteiger partial charge is 0.428 e. The van der Waals surface area contributed by atoms with Gasteiger partial charge in [-0.3, -0.25) is 15.7 Å². The second kappa shape index (κ2) is 5.65. The van der Waals surface area contributed by atoms with Crippen molar-refractivity contribution < 1.29 is 4.74 Å². The van der Waals surface area contributed by atoms with E-state index in [4.69, 9.17) is 15.6 Å². The normalized spacial score (nSPS) is 27.3. The maximum Gasteiger partial charge on any atom is 0.203 e. The van der Waals surface area contributed by atoms with Gasteiger partial charge < -0.3 is 4.74 Å². The van der Waals surface area contributed by atoms with Gasteiger partial charge in [-0.05, 0) is 24.7 Å². The first-order valence-corrected chi connectivity index (χ1v) is 6.77. The Balaban J connectivity index is 1.78. The van der Waals surface area contributed by atoms with Crippen LogP contribution >= 0.6 is 0 Å². The third-order valence-corrected chi connectivity index (χ3v) is 3.82. The molecule has 0 aromatic rings. The summed E-state index contributed by atoms with van der Waals surface area (Å²) in [4.78, 5) is 2.29. The van der Waals surface area contributed by atoms with Crippen LogP contribution in [-0.4, -0.2) is 36.3 Å².